The van der Waals surface area contributed by atoms with E-state index < -0.39 is 17.9 Å². The molecule has 1 aliphatic heterocycles. The predicted octanol–water partition coefficient (Wildman–Crippen LogP) is 1.54. The summed E-state index contributed by atoms with van der Waals surface area (Å²) in [6.07, 6.45) is 0.203. The first-order valence-electron chi connectivity index (χ1n) is 6.40. The Balaban J connectivity index is 2.73. The first-order valence-corrected chi connectivity index (χ1v) is 6.40. The van der Waals surface area contributed by atoms with Gasteiger partial charge in [0, 0.05) is 12.5 Å². The van der Waals surface area contributed by atoms with Crippen LogP contribution in [0.4, 0.5) is 0 Å². The van der Waals surface area contributed by atoms with Crippen molar-refractivity contribution < 1.29 is 23.8 Å². The van der Waals surface area contributed by atoms with Gasteiger partial charge in [0.1, 0.15) is 0 Å². The van der Waals surface area contributed by atoms with Crippen LogP contribution in [0, 0.1) is 11.8 Å². The maximum absolute atomic E-state index is 12.0. The highest BCUT2D eigenvalue weighted by Crippen LogP contribution is 2.25. The van der Waals surface area contributed by atoms with Gasteiger partial charge in [-0.15, -0.1) is 0 Å². The molecule has 104 valence electrons. The topological polar surface area (TPSA) is 61.8 Å². The van der Waals surface area contributed by atoms with E-state index in [2.05, 4.69) is 0 Å². The predicted molar refractivity (Wildman–Crippen MR) is 64.9 cm³/mol. The highest BCUT2D eigenvalue weighted by molar-refractivity contribution is 5.95. The van der Waals surface area contributed by atoms with E-state index in [1.807, 2.05) is 0 Å². The van der Waals surface area contributed by atoms with E-state index in [4.69, 9.17) is 14.2 Å². The second-order valence-corrected chi connectivity index (χ2v) is 5.07. The Morgan fingerprint density at radius 2 is 1.56 bits per heavy atom. The minimum absolute atomic E-state index is 0.137. The molecule has 0 aromatic carbocycles. The van der Waals surface area contributed by atoms with Crippen molar-refractivity contribution >= 4 is 11.9 Å². The average molecular weight is 258 g/mol. The lowest BCUT2D eigenvalue weighted by atomic mass is 9.91. The van der Waals surface area contributed by atoms with Crippen LogP contribution in [0.5, 0.6) is 0 Å². The minimum Gasteiger partial charge on any atom is -0.462 e. The van der Waals surface area contributed by atoms with E-state index in [-0.39, 0.29) is 18.1 Å². The van der Waals surface area contributed by atoms with Crippen molar-refractivity contribution in [3.63, 3.8) is 0 Å². The van der Waals surface area contributed by atoms with Gasteiger partial charge in [0.2, 0.25) is 0 Å². The summed E-state index contributed by atoms with van der Waals surface area (Å²) in [5, 5.41) is 0. The third-order valence-electron chi connectivity index (χ3n) is 2.65. The lowest BCUT2D eigenvalue weighted by Crippen LogP contribution is -2.36. The molecule has 0 aliphatic carbocycles. The molecule has 0 bridgehead atoms. The number of rotatable bonds is 5. The third-order valence-corrected chi connectivity index (χ3v) is 2.65. The summed E-state index contributed by atoms with van der Waals surface area (Å²) in [7, 11) is 0. The zero-order valence-corrected chi connectivity index (χ0v) is 11.5. The zero-order valence-electron chi connectivity index (χ0n) is 11.5. The van der Waals surface area contributed by atoms with Crippen LogP contribution in [0.15, 0.2) is 0 Å². The van der Waals surface area contributed by atoms with Crippen LogP contribution in [0.2, 0.25) is 0 Å². The van der Waals surface area contributed by atoms with Crippen LogP contribution in [-0.2, 0) is 23.8 Å². The largest absolute Gasteiger partial charge is 0.462 e. The molecule has 1 atom stereocenters. The Morgan fingerprint density at radius 3 is 1.89 bits per heavy atom. The summed E-state index contributed by atoms with van der Waals surface area (Å²) < 4.78 is 15.5. The molecule has 0 radical (unpaired) electrons. The number of hydrogen-bond acceptors (Lipinski definition) is 5. The van der Waals surface area contributed by atoms with Gasteiger partial charge >= 0.3 is 11.9 Å². The Morgan fingerprint density at radius 1 is 1.06 bits per heavy atom. The van der Waals surface area contributed by atoms with Crippen molar-refractivity contribution in [1.82, 2.24) is 0 Å². The van der Waals surface area contributed by atoms with E-state index in [1.54, 1.807) is 27.7 Å². The van der Waals surface area contributed by atoms with Crippen molar-refractivity contribution in [3.05, 3.63) is 0 Å². The van der Waals surface area contributed by atoms with Gasteiger partial charge < -0.3 is 14.2 Å². The summed E-state index contributed by atoms with van der Waals surface area (Å²) in [6.45, 7) is 8.01. The molecular weight excluding hydrogens is 236 g/mol. The molecule has 1 fully saturated rings. The second-order valence-electron chi connectivity index (χ2n) is 5.07. The average Bonchev–Trinajstić information content (AvgIpc) is 2.68. The van der Waals surface area contributed by atoms with Gasteiger partial charge in [-0.25, -0.2) is 0 Å². The number of carbonyl (C=O) groups excluding carboxylic acids is 2. The van der Waals surface area contributed by atoms with Gasteiger partial charge in [-0.2, -0.15) is 0 Å². The van der Waals surface area contributed by atoms with E-state index in [0.29, 0.717) is 19.6 Å². The van der Waals surface area contributed by atoms with Crippen molar-refractivity contribution in [2.75, 3.05) is 13.2 Å². The fraction of sp³-hybridized carbons (Fsp3) is 0.846. The Bertz CT molecular complexity index is 270. The monoisotopic (exact) mass is 258 g/mol. The van der Waals surface area contributed by atoms with Gasteiger partial charge in [0.15, 0.2) is 5.92 Å². The van der Waals surface area contributed by atoms with Gasteiger partial charge in [-0.05, 0) is 34.1 Å². The van der Waals surface area contributed by atoms with Crippen LogP contribution < -0.4 is 0 Å². The number of ether oxygens (including phenoxy) is 3. The van der Waals surface area contributed by atoms with Crippen molar-refractivity contribution in [2.24, 2.45) is 11.8 Å². The zero-order chi connectivity index (χ0) is 13.7. The molecule has 0 aromatic rings. The third kappa shape index (κ3) is 4.29. The molecule has 0 N–H and O–H groups in total. The fourth-order valence-electron chi connectivity index (χ4n) is 1.91. The minimum atomic E-state index is -0.864. The molecule has 1 unspecified atom stereocenters. The molecule has 1 rings (SSSR count). The Hall–Kier alpha value is -1.10. The van der Waals surface area contributed by atoms with Crippen molar-refractivity contribution in [2.45, 2.75) is 46.3 Å². The van der Waals surface area contributed by atoms with Gasteiger partial charge in [0.25, 0.3) is 0 Å². The Labute approximate surface area is 108 Å². The van der Waals surface area contributed by atoms with Crippen LogP contribution in [0.25, 0.3) is 0 Å². The van der Waals surface area contributed by atoms with Crippen molar-refractivity contribution in [1.29, 1.82) is 0 Å². The first kappa shape index (κ1) is 15.0. The van der Waals surface area contributed by atoms with Crippen LogP contribution in [0.1, 0.15) is 34.1 Å². The summed E-state index contributed by atoms with van der Waals surface area (Å²) in [5.74, 6) is -2.02. The smallest absolute Gasteiger partial charge is 0.320 e. The van der Waals surface area contributed by atoms with Gasteiger partial charge in [-0.1, -0.05) is 0 Å². The number of carbonyl (C=O) groups is 2. The maximum Gasteiger partial charge on any atom is 0.320 e. The number of hydrogen-bond donors (Lipinski definition) is 0. The molecule has 1 saturated heterocycles. The molecule has 0 aromatic heterocycles. The standard InChI is InChI=1S/C13H22O5/c1-8(2)17-12(14)11(10-5-6-16-7-10)13(15)18-9(3)4/h8-11H,5-7H2,1-4H3. The van der Waals surface area contributed by atoms with Crippen LogP contribution in [0.3, 0.4) is 0 Å². The lowest BCUT2D eigenvalue weighted by Gasteiger charge is -2.21. The SMILES string of the molecule is CC(C)OC(=O)C(C(=O)OC(C)C)C1CCOC1. The molecule has 18 heavy (non-hydrogen) atoms. The van der Waals surface area contributed by atoms with E-state index in [1.165, 1.54) is 0 Å². The maximum atomic E-state index is 12.0. The van der Waals surface area contributed by atoms with Gasteiger partial charge in [-0.3, -0.25) is 9.59 Å². The molecule has 5 heteroatoms. The molecule has 1 aliphatic rings. The van der Waals surface area contributed by atoms with E-state index in [9.17, 15) is 9.59 Å². The van der Waals surface area contributed by atoms with Gasteiger partial charge in [0.05, 0.1) is 18.8 Å². The molecule has 5 nitrogen and oxygen atoms in total. The summed E-state index contributed by atoms with van der Waals surface area (Å²) in [5.41, 5.74) is 0. The molecule has 1 heterocycles. The van der Waals surface area contributed by atoms with E-state index >= 15 is 0 Å². The quantitative estimate of drug-likeness (QED) is 0.553. The number of esters is 2. The summed E-state index contributed by atoms with van der Waals surface area (Å²) in [4.78, 5) is 24.0. The van der Waals surface area contributed by atoms with Crippen LogP contribution in [-0.4, -0.2) is 37.4 Å². The van der Waals surface area contributed by atoms with Crippen molar-refractivity contribution in [3.8, 4) is 0 Å². The van der Waals surface area contributed by atoms with E-state index in [0.717, 1.165) is 0 Å². The summed E-state index contributed by atoms with van der Waals surface area (Å²) in [6, 6.07) is 0. The summed E-state index contributed by atoms with van der Waals surface area (Å²) >= 11 is 0. The second kappa shape index (κ2) is 6.73. The molecular formula is C13H22O5. The normalized spacial score (nSPS) is 19.6. The highest BCUT2D eigenvalue weighted by Gasteiger charge is 2.40. The Kier molecular flexibility index (Phi) is 5.59. The lowest BCUT2D eigenvalue weighted by molar-refractivity contribution is -0.169. The fourth-order valence-corrected chi connectivity index (χ4v) is 1.91. The highest BCUT2D eigenvalue weighted by atomic mass is 16.6. The molecule has 0 spiro atoms. The van der Waals surface area contributed by atoms with Crippen LogP contribution >= 0.6 is 0 Å². The first-order chi connectivity index (χ1) is 8.41. The molecule has 0 amide bonds. The molecule has 0 saturated carbocycles.